The van der Waals surface area contributed by atoms with E-state index in [1.165, 1.54) is 49.8 Å². The molecule has 1 aliphatic heterocycles. The molecule has 1 aliphatic rings. The molecule has 0 radical (unpaired) electrons. The first-order valence-electron chi connectivity index (χ1n) is 8.81. The first-order chi connectivity index (χ1) is 11.8. The van der Waals surface area contributed by atoms with E-state index in [9.17, 15) is 4.79 Å². The van der Waals surface area contributed by atoms with Crippen molar-refractivity contribution in [2.75, 3.05) is 26.2 Å². The fourth-order valence-electron chi connectivity index (χ4n) is 3.01. The zero-order chi connectivity index (χ0) is 16.6. The van der Waals surface area contributed by atoms with Gasteiger partial charge in [0.15, 0.2) is 5.69 Å². The zero-order valence-electron chi connectivity index (χ0n) is 14.0. The van der Waals surface area contributed by atoms with Crippen LogP contribution in [0.15, 0.2) is 36.5 Å². The van der Waals surface area contributed by atoms with Crippen molar-refractivity contribution in [2.24, 2.45) is 0 Å². The fraction of sp³-hybridized carbons (Fsp3) is 0.500. The summed E-state index contributed by atoms with van der Waals surface area (Å²) >= 11 is 0. The van der Waals surface area contributed by atoms with E-state index < -0.39 is 0 Å². The van der Waals surface area contributed by atoms with Crippen molar-refractivity contribution < 1.29 is 4.79 Å². The van der Waals surface area contributed by atoms with Gasteiger partial charge < -0.3 is 10.2 Å². The average Bonchev–Trinajstić information content (AvgIpc) is 2.97. The second-order valence-corrected chi connectivity index (χ2v) is 6.22. The third-order valence-corrected chi connectivity index (χ3v) is 4.35. The second-order valence-electron chi connectivity index (χ2n) is 6.22. The largest absolute Gasteiger partial charge is 0.351 e. The van der Waals surface area contributed by atoms with E-state index in [4.69, 9.17) is 0 Å². The summed E-state index contributed by atoms with van der Waals surface area (Å²) in [6, 6.07) is 9.58. The van der Waals surface area contributed by atoms with Crippen LogP contribution in [0.3, 0.4) is 0 Å². The average molecular weight is 327 g/mol. The Morgan fingerprint density at radius 1 is 1.08 bits per heavy atom. The number of nitrogens with one attached hydrogen (secondary N) is 1. The first kappa shape index (κ1) is 16.6. The van der Waals surface area contributed by atoms with Gasteiger partial charge in [-0.3, -0.25) is 4.79 Å². The summed E-state index contributed by atoms with van der Waals surface area (Å²) in [6.45, 7) is 4.11. The number of rotatable bonds is 6. The van der Waals surface area contributed by atoms with Gasteiger partial charge >= 0.3 is 0 Å². The number of aromatic nitrogens is 3. The lowest BCUT2D eigenvalue weighted by Crippen LogP contribution is -2.30. The number of hydrogen-bond donors (Lipinski definition) is 1. The molecule has 0 unspecified atom stereocenters. The van der Waals surface area contributed by atoms with Crippen LogP contribution in [0.4, 0.5) is 0 Å². The van der Waals surface area contributed by atoms with Crippen LogP contribution in [0.25, 0.3) is 5.69 Å². The van der Waals surface area contributed by atoms with E-state index in [1.807, 2.05) is 30.3 Å². The Kier molecular flexibility index (Phi) is 5.96. The molecule has 1 saturated heterocycles. The number of hydrogen-bond acceptors (Lipinski definition) is 4. The van der Waals surface area contributed by atoms with Crippen LogP contribution in [0.1, 0.15) is 42.6 Å². The van der Waals surface area contributed by atoms with Crippen molar-refractivity contribution in [2.45, 2.75) is 32.1 Å². The minimum atomic E-state index is -0.159. The highest BCUT2D eigenvalue weighted by Crippen LogP contribution is 2.09. The Balaban J connectivity index is 1.43. The van der Waals surface area contributed by atoms with Crippen LogP contribution in [-0.4, -0.2) is 52.0 Å². The lowest BCUT2D eigenvalue weighted by molar-refractivity contribution is 0.0946. The van der Waals surface area contributed by atoms with Crippen molar-refractivity contribution in [3.05, 3.63) is 42.2 Å². The van der Waals surface area contributed by atoms with Crippen molar-refractivity contribution in [1.29, 1.82) is 0 Å². The van der Waals surface area contributed by atoms with E-state index in [-0.39, 0.29) is 5.91 Å². The Morgan fingerprint density at radius 3 is 2.58 bits per heavy atom. The van der Waals surface area contributed by atoms with E-state index in [2.05, 4.69) is 20.4 Å². The van der Waals surface area contributed by atoms with E-state index >= 15 is 0 Å². The fourth-order valence-corrected chi connectivity index (χ4v) is 3.01. The summed E-state index contributed by atoms with van der Waals surface area (Å²) in [6.07, 6.45) is 7.79. The molecule has 0 bridgehead atoms. The summed E-state index contributed by atoms with van der Waals surface area (Å²) in [5, 5.41) is 11.3. The Morgan fingerprint density at radius 2 is 1.83 bits per heavy atom. The second kappa shape index (κ2) is 8.59. The quantitative estimate of drug-likeness (QED) is 0.827. The molecule has 1 aromatic carbocycles. The molecule has 6 nitrogen and oxygen atoms in total. The number of nitrogens with zero attached hydrogens (tertiary/aromatic N) is 4. The molecular weight excluding hydrogens is 302 g/mol. The molecule has 1 fully saturated rings. The maximum atomic E-state index is 12.2. The van der Waals surface area contributed by atoms with Crippen LogP contribution in [0.2, 0.25) is 0 Å². The number of likely N-dealkylation sites (tertiary alicyclic amines) is 1. The number of para-hydroxylation sites is 1. The standard InChI is InChI=1S/C18H25N5O/c24-18(19-11-8-14-22-12-6-1-2-7-13-22)17-15-20-23(21-17)16-9-4-3-5-10-16/h3-5,9-10,15H,1-2,6-8,11-14H2,(H,19,24). The number of benzene rings is 1. The molecule has 0 aliphatic carbocycles. The predicted molar refractivity (Wildman–Crippen MR) is 93.2 cm³/mol. The summed E-state index contributed by atoms with van der Waals surface area (Å²) in [5.74, 6) is -0.159. The molecule has 1 N–H and O–H groups in total. The number of carbonyl (C=O) groups excluding carboxylic acids is 1. The SMILES string of the molecule is O=C(NCCCN1CCCCCC1)c1cnn(-c2ccccc2)n1. The Bertz CT molecular complexity index is 632. The highest BCUT2D eigenvalue weighted by molar-refractivity contribution is 5.91. The molecule has 1 amide bonds. The molecule has 128 valence electrons. The maximum absolute atomic E-state index is 12.2. The van der Waals surface area contributed by atoms with Gasteiger partial charge in [-0.2, -0.15) is 9.90 Å². The number of amides is 1. The summed E-state index contributed by atoms with van der Waals surface area (Å²) in [4.78, 5) is 16.1. The Labute approximate surface area is 142 Å². The lowest BCUT2D eigenvalue weighted by Gasteiger charge is -2.19. The minimum absolute atomic E-state index is 0.159. The van der Waals surface area contributed by atoms with E-state index in [1.54, 1.807) is 0 Å². The summed E-state index contributed by atoms with van der Waals surface area (Å²) in [5.41, 5.74) is 1.20. The van der Waals surface area contributed by atoms with Crippen molar-refractivity contribution in [1.82, 2.24) is 25.2 Å². The third-order valence-electron chi connectivity index (χ3n) is 4.35. The smallest absolute Gasteiger partial charge is 0.273 e. The molecule has 3 rings (SSSR count). The minimum Gasteiger partial charge on any atom is -0.351 e. The van der Waals surface area contributed by atoms with Gasteiger partial charge in [0.1, 0.15) is 0 Å². The molecule has 0 saturated carbocycles. The van der Waals surface area contributed by atoms with E-state index in [0.717, 1.165) is 18.7 Å². The molecule has 6 heteroatoms. The van der Waals surface area contributed by atoms with Gasteiger partial charge in [0.05, 0.1) is 11.9 Å². The molecule has 0 atom stereocenters. The predicted octanol–water partition coefficient (Wildman–Crippen LogP) is 2.26. The van der Waals surface area contributed by atoms with Crippen LogP contribution in [-0.2, 0) is 0 Å². The highest BCUT2D eigenvalue weighted by atomic mass is 16.2. The maximum Gasteiger partial charge on any atom is 0.273 e. The molecule has 2 aromatic rings. The third kappa shape index (κ3) is 4.64. The van der Waals surface area contributed by atoms with Crippen LogP contribution < -0.4 is 5.32 Å². The molecule has 1 aromatic heterocycles. The Hall–Kier alpha value is -2.21. The van der Waals surface area contributed by atoms with Gasteiger partial charge in [0, 0.05) is 6.54 Å². The van der Waals surface area contributed by atoms with Gasteiger partial charge in [-0.05, 0) is 51.0 Å². The van der Waals surface area contributed by atoms with Gasteiger partial charge in [-0.1, -0.05) is 31.0 Å². The molecular formula is C18H25N5O. The molecule has 0 spiro atoms. The molecule has 24 heavy (non-hydrogen) atoms. The summed E-state index contributed by atoms with van der Waals surface area (Å²) in [7, 11) is 0. The van der Waals surface area contributed by atoms with Crippen LogP contribution >= 0.6 is 0 Å². The van der Waals surface area contributed by atoms with Crippen molar-refractivity contribution in [3.63, 3.8) is 0 Å². The van der Waals surface area contributed by atoms with Crippen LogP contribution in [0, 0.1) is 0 Å². The topological polar surface area (TPSA) is 63.1 Å². The van der Waals surface area contributed by atoms with Crippen molar-refractivity contribution in [3.8, 4) is 5.69 Å². The zero-order valence-corrected chi connectivity index (χ0v) is 14.0. The van der Waals surface area contributed by atoms with Gasteiger partial charge in [0.2, 0.25) is 0 Å². The van der Waals surface area contributed by atoms with Crippen LogP contribution in [0.5, 0.6) is 0 Å². The lowest BCUT2D eigenvalue weighted by atomic mass is 10.2. The molecule has 2 heterocycles. The number of carbonyl (C=O) groups is 1. The van der Waals surface area contributed by atoms with Gasteiger partial charge in [-0.25, -0.2) is 0 Å². The van der Waals surface area contributed by atoms with E-state index in [0.29, 0.717) is 12.2 Å². The first-order valence-corrected chi connectivity index (χ1v) is 8.81. The monoisotopic (exact) mass is 327 g/mol. The van der Waals surface area contributed by atoms with Gasteiger partial charge in [-0.15, -0.1) is 5.10 Å². The normalized spacial score (nSPS) is 15.8. The summed E-state index contributed by atoms with van der Waals surface area (Å²) < 4.78 is 0. The highest BCUT2D eigenvalue weighted by Gasteiger charge is 2.12. The van der Waals surface area contributed by atoms with Crippen molar-refractivity contribution >= 4 is 5.91 Å². The van der Waals surface area contributed by atoms with Gasteiger partial charge in [0.25, 0.3) is 5.91 Å².